The highest BCUT2D eigenvalue weighted by molar-refractivity contribution is 5.94. The molecule has 38 heavy (non-hydrogen) atoms. The number of ether oxygens (including phenoxy) is 1. The number of nitrogens with zero attached hydrogens (tertiary/aromatic N) is 1. The molecule has 1 fully saturated rings. The van der Waals surface area contributed by atoms with Crippen molar-refractivity contribution in [1.29, 1.82) is 0 Å². The Hall–Kier alpha value is -3.54. The number of hydrogen-bond acceptors (Lipinski definition) is 5. The highest BCUT2D eigenvalue weighted by Crippen LogP contribution is 2.28. The smallest absolute Gasteiger partial charge is 0.408 e. The van der Waals surface area contributed by atoms with Gasteiger partial charge in [-0.2, -0.15) is 0 Å². The second-order valence-corrected chi connectivity index (χ2v) is 10.7. The maximum Gasteiger partial charge on any atom is 0.408 e. The number of carbonyl (C=O) groups is 4. The summed E-state index contributed by atoms with van der Waals surface area (Å²) < 4.78 is 5.31. The molecule has 9 heteroatoms. The van der Waals surface area contributed by atoms with Gasteiger partial charge in [0.05, 0.1) is 6.42 Å². The van der Waals surface area contributed by atoms with Gasteiger partial charge in [-0.25, -0.2) is 4.79 Å². The lowest BCUT2D eigenvalue weighted by molar-refractivity contribution is -0.143. The summed E-state index contributed by atoms with van der Waals surface area (Å²) in [6.07, 6.45) is 10.7. The molecule has 0 aliphatic heterocycles. The Balaban J connectivity index is 2.51. The number of hydrogen-bond donors (Lipinski definition) is 3. The summed E-state index contributed by atoms with van der Waals surface area (Å²) in [5.41, 5.74) is 5.61. The molecule has 0 spiro atoms. The van der Waals surface area contributed by atoms with Crippen molar-refractivity contribution in [3.63, 3.8) is 0 Å². The summed E-state index contributed by atoms with van der Waals surface area (Å²) in [6.45, 7) is 7.24. The van der Waals surface area contributed by atoms with Gasteiger partial charge in [-0.3, -0.25) is 14.4 Å². The second kappa shape index (κ2) is 14.4. The zero-order valence-corrected chi connectivity index (χ0v) is 23.0. The zero-order valence-electron chi connectivity index (χ0n) is 23.0. The second-order valence-electron chi connectivity index (χ2n) is 10.7. The first-order chi connectivity index (χ1) is 18.0. The number of nitrogens with one attached hydrogen (secondary N) is 2. The van der Waals surface area contributed by atoms with Gasteiger partial charge in [0, 0.05) is 18.2 Å². The van der Waals surface area contributed by atoms with E-state index in [4.69, 9.17) is 16.9 Å². The van der Waals surface area contributed by atoms with E-state index in [-0.39, 0.29) is 18.5 Å². The monoisotopic (exact) mass is 526 g/mol. The number of unbranched alkanes of at least 4 members (excludes halogenated alkanes) is 1. The molecule has 1 aromatic rings. The molecule has 0 heterocycles. The molecule has 4 amide bonds. The summed E-state index contributed by atoms with van der Waals surface area (Å²) in [6, 6.07) is 4.62. The van der Waals surface area contributed by atoms with Gasteiger partial charge < -0.3 is 26.0 Å². The lowest BCUT2D eigenvalue weighted by Gasteiger charge is -2.36. The summed E-state index contributed by atoms with van der Waals surface area (Å²) in [5.74, 6) is 0.886. The normalized spacial score (nSPS) is 15.4. The number of alkyl carbamates (subject to hydrolysis) is 1. The fraction of sp³-hybridized carbons (Fsp3) is 0.586. The van der Waals surface area contributed by atoms with Gasteiger partial charge in [-0.1, -0.05) is 56.7 Å². The Morgan fingerprint density at radius 3 is 2.39 bits per heavy atom. The molecule has 2 atom stereocenters. The van der Waals surface area contributed by atoms with Gasteiger partial charge in [-0.15, -0.1) is 6.42 Å². The van der Waals surface area contributed by atoms with Crippen LogP contribution in [0.4, 0.5) is 4.79 Å². The first-order valence-electron chi connectivity index (χ1n) is 13.4. The van der Waals surface area contributed by atoms with Crippen molar-refractivity contribution in [3.05, 3.63) is 35.4 Å². The SMILES string of the molecule is C#Cc1ccccc1C(C(=O)NC1CCCCC1)N(CCCC)C(=O)C(CC(N)=O)NC(=O)OC(C)(C)C. The van der Waals surface area contributed by atoms with Crippen molar-refractivity contribution >= 4 is 23.8 Å². The van der Waals surface area contributed by atoms with E-state index in [1.165, 1.54) is 4.90 Å². The minimum atomic E-state index is -1.32. The fourth-order valence-corrected chi connectivity index (χ4v) is 4.59. The van der Waals surface area contributed by atoms with Gasteiger partial charge in [0.15, 0.2) is 0 Å². The summed E-state index contributed by atoms with van der Waals surface area (Å²) in [5, 5.41) is 5.62. The fourth-order valence-electron chi connectivity index (χ4n) is 4.59. The van der Waals surface area contributed by atoms with Crippen molar-refractivity contribution in [2.24, 2.45) is 5.73 Å². The van der Waals surface area contributed by atoms with E-state index in [1.54, 1.807) is 45.0 Å². The van der Waals surface area contributed by atoms with Crippen molar-refractivity contribution in [1.82, 2.24) is 15.5 Å². The van der Waals surface area contributed by atoms with E-state index in [9.17, 15) is 19.2 Å². The number of benzene rings is 1. The van der Waals surface area contributed by atoms with Crippen LogP contribution in [0.25, 0.3) is 0 Å². The van der Waals surface area contributed by atoms with Crippen LogP contribution in [0, 0.1) is 12.3 Å². The lowest BCUT2D eigenvalue weighted by Crippen LogP contribution is -2.55. The van der Waals surface area contributed by atoms with Crippen LogP contribution in [-0.2, 0) is 19.1 Å². The number of carbonyl (C=O) groups excluding carboxylic acids is 4. The Morgan fingerprint density at radius 1 is 1.16 bits per heavy atom. The van der Waals surface area contributed by atoms with E-state index in [2.05, 4.69) is 16.6 Å². The van der Waals surface area contributed by atoms with Gasteiger partial charge in [0.2, 0.25) is 17.7 Å². The molecular formula is C29H42N4O5. The third-order valence-corrected chi connectivity index (χ3v) is 6.35. The average molecular weight is 527 g/mol. The van der Waals surface area contributed by atoms with E-state index < -0.39 is 42.0 Å². The molecule has 0 saturated heterocycles. The first kappa shape index (κ1) is 30.7. The van der Waals surface area contributed by atoms with Crippen LogP contribution in [0.15, 0.2) is 24.3 Å². The van der Waals surface area contributed by atoms with Gasteiger partial charge in [-0.05, 0) is 51.7 Å². The largest absolute Gasteiger partial charge is 0.444 e. The summed E-state index contributed by atoms with van der Waals surface area (Å²) >= 11 is 0. The summed E-state index contributed by atoms with van der Waals surface area (Å²) in [7, 11) is 0. The molecule has 1 aromatic carbocycles. The van der Waals surface area contributed by atoms with E-state index >= 15 is 0 Å². The van der Waals surface area contributed by atoms with Crippen LogP contribution >= 0.6 is 0 Å². The maximum atomic E-state index is 14.0. The van der Waals surface area contributed by atoms with Crippen LogP contribution in [0.1, 0.15) is 96.2 Å². The van der Waals surface area contributed by atoms with Gasteiger partial charge in [0.1, 0.15) is 17.7 Å². The van der Waals surface area contributed by atoms with Gasteiger partial charge >= 0.3 is 6.09 Å². The highest BCUT2D eigenvalue weighted by atomic mass is 16.6. The number of nitrogens with two attached hydrogens (primary N) is 1. The number of primary amides is 1. The first-order valence-corrected chi connectivity index (χ1v) is 13.4. The van der Waals surface area contributed by atoms with Crippen molar-refractivity contribution in [2.75, 3.05) is 6.54 Å². The summed E-state index contributed by atoms with van der Waals surface area (Å²) in [4.78, 5) is 53.8. The van der Waals surface area contributed by atoms with Crippen molar-refractivity contribution < 1.29 is 23.9 Å². The minimum Gasteiger partial charge on any atom is -0.444 e. The number of terminal acetylenes is 1. The predicted octanol–water partition coefficient (Wildman–Crippen LogP) is 3.56. The average Bonchev–Trinajstić information content (AvgIpc) is 2.85. The standard InChI is InChI=1S/C29H42N4O5/c1-6-8-18-33(27(36)23(19-24(30)34)32-28(37)38-29(3,4)5)25(22-17-13-12-14-20(22)7-2)26(35)31-21-15-10-9-11-16-21/h2,12-14,17,21,23,25H,6,8-11,15-16,18-19H2,1,3-5H3,(H2,30,34)(H,31,35)(H,32,37). The minimum absolute atomic E-state index is 0.00109. The van der Waals surface area contributed by atoms with Crippen LogP contribution < -0.4 is 16.4 Å². The molecular weight excluding hydrogens is 484 g/mol. The topological polar surface area (TPSA) is 131 Å². The maximum absolute atomic E-state index is 14.0. The molecule has 2 unspecified atom stereocenters. The quantitative estimate of drug-likeness (QED) is 0.380. The number of rotatable bonds is 11. The molecule has 2 rings (SSSR count). The molecule has 0 radical (unpaired) electrons. The van der Waals surface area contributed by atoms with E-state index in [0.717, 1.165) is 38.5 Å². The van der Waals surface area contributed by atoms with E-state index in [1.807, 2.05) is 6.92 Å². The highest BCUT2D eigenvalue weighted by Gasteiger charge is 2.38. The Kier molecular flexibility index (Phi) is 11.6. The van der Waals surface area contributed by atoms with Crippen LogP contribution in [0.2, 0.25) is 0 Å². The Bertz CT molecular complexity index is 1020. The number of amides is 4. The molecule has 208 valence electrons. The van der Waals surface area contributed by atoms with Crippen LogP contribution in [0.3, 0.4) is 0 Å². The lowest BCUT2D eigenvalue weighted by atomic mass is 9.93. The van der Waals surface area contributed by atoms with Crippen LogP contribution in [0.5, 0.6) is 0 Å². The third kappa shape index (κ3) is 9.40. The molecule has 1 aliphatic carbocycles. The molecule has 0 aromatic heterocycles. The molecule has 9 nitrogen and oxygen atoms in total. The van der Waals surface area contributed by atoms with Crippen molar-refractivity contribution in [2.45, 2.75) is 103 Å². The molecule has 1 saturated carbocycles. The Morgan fingerprint density at radius 2 is 1.82 bits per heavy atom. The third-order valence-electron chi connectivity index (χ3n) is 6.35. The molecule has 0 bridgehead atoms. The predicted molar refractivity (Wildman–Crippen MR) is 146 cm³/mol. The molecule has 4 N–H and O–H groups in total. The zero-order chi connectivity index (χ0) is 28.3. The van der Waals surface area contributed by atoms with Gasteiger partial charge in [0.25, 0.3) is 0 Å². The van der Waals surface area contributed by atoms with Crippen molar-refractivity contribution in [3.8, 4) is 12.3 Å². The molecule has 1 aliphatic rings. The Labute approximate surface area is 226 Å². The van der Waals surface area contributed by atoms with E-state index in [0.29, 0.717) is 17.5 Å². The van der Waals surface area contributed by atoms with Crippen LogP contribution in [-0.4, -0.2) is 52.9 Å².